The third-order valence-corrected chi connectivity index (χ3v) is 2.89. The van der Waals surface area contributed by atoms with Crippen LogP contribution in [0.1, 0.15) is 17.3 Å². The van der Waals surface area contributed by atoms with Gasteiger partial charge in [0.1, 0.15) is 0 Å². The Morgan fingerprint density at radius 1 is 1.50 bits per heavy atom. The van der Waals surface area contributed by atoms with Gasteiger partial charge in [-0.1, -0.05) is 0 Å². The Balaban J connectivity index is 2.56. The van der Waals surface area contributed by atoms with Crippen molar-refractivity contribution in [1.29, 1.82) is 0 Å². The molecule has 20 heavy (non-hydrogen) atoms. The zero-order valence-electron chi connectivity index (χ0n) is 11.1. The molecule has 104 valence electrons. The second-order valence-electron chi connectivity index (χ2n) is 4.06. The molecule has 0 amide bonds. The third-order valence-electron chi connectivity index (χ3n) is 2.89. The van der Waals surface area contributed by atoms with E-state index in [9.17, 15) is 14.9 Å². The molecule has 0 atom stereocenters. The van der Waals surface area contributed by atoms with Crippen LogP contribution < -0.4 is 0 Å². The minimum absolute atomic E-state index is 0.150. The van der Waals surface area contributed by atoms with Crippen LogP contribution in [0.4, 0.5) is 5.69 Å². The summed E-state index contributed by atoms with van der Waals surface area (Å²) < 4.78 is 6.38. The Hall–Kier alpha value is -2.70. The normalized spacial score (nSPS) is 10.3. The molecule has 0 bridgehead atoms. The molecule has 0 aliphatic carbocycles. The first-order chi connectivity index (χ1) is 9.56. The highest BCUT2D eigenvalue weighted by molar-refractivity contribution is 5.97. The van der Waals surface area contributed by atoms with Crippen molar-refractivity contribution < 1.29 is 14.5 Å². The van der Waals surface area contributed by atoms with Gasteiger partial charge >= 0.3 is 5.97 Å². The number of carbonyl (C=O) groups excluding carboxylic acids is 1. The smallest absolute Gasteiger partial charge is 0.338 e. The number of hydrogen-bond donors (Lipinski definition) is 0. The van der Waals surface area contributed by atoms with Crippen molar-refractivity contribution in [3.05, 3.63) is 46.3 Å². The van der Waals surface area contributed by atoms with Crippen LogP contribution in [-0.4, -0.2) is 27.8 Å². The van der Waals surface area contributed by atoms with Gasteiger partial charge < -0.3 is 4.74 Å². The molecule has 1 aromatic heterocycles. The zero-order valence-corrected chi connectivity index (χ0v) is 11.1. The van der Waals surface area contributed by atoms with E-state index >= 15 is 0 Å². The number of ether oxygens (including phenoxy) is 1. The number of non-ortho nitro benzene ring substituents is 1. The molecule has 7 nitrogen and oxygen atoms in total. The van der Waals surface area contributed by atoms with Gasteiger partial charge in [-0.2, -0.15) is 5.10 Å². The average Bonchev–Trinajstić information content (AvgIpc) is 2.94. The number of methoxy groups -OCH3 is 1. The Kier molecular flexibility index (Phi) is 3.79. The summed E-state index contributed by atoms with van der Waals surface area (Å²) in [6.07, 6.45) is 3.38. The Morgan fingerprint density at radius 3 is 2.80 bits per heavy atom. The van der Waals surface area contributed by atoms with Crippen molar-refractivity contribution in [3.8, 4) is 11.1 Å². The fourth-order valence-corrected chi connectivity index (χ4v) is 1.85. The number of aryl methyl sites for hydroxylation is 1. The molecule has 2 aromatic rings. The summed E-state index contributed by atoms with van der Waals surface area (Å²) in [5.41, 5.74) is 1.26. The molecule has 0 aliphatic heterocycles. The fraction of sp³-hybridized carbons (Fsp3) is 0.231. The molecule has 7 heteroatoms. The lowest BCUT2D eigenvalue weighted by Gasteiger charge is -2.05. The predicted molar refractivity (Wildman–Crippen MR) is 71.3 cm³/mol. The molecule has 0 fully saturated rings. The highest BCUT2D eigenvalue weighted by Gasteiger charge is 2.19. The van der Waals surface area contributed by atoms with E-state index in [0.29, 0.717) is 17.7 Å². The maximum Gasteiger partial charge on any atom is 0.338 e. The van der Waals surface area contributed by atoms with E-state index < -0.39 is 10.9 Å². The first kappa shape index (κ1) is 13.7. The molecule has 0 aliphatic rings. The lowest BCUT2D eigenvalue weighted by atomic mass is 10.0. The molecule has 0 saturated heterocycles. The van der Waals surface area contributed by atoms with Gasteiger partial charge in [-0.05, 0) is 18.6 Å². The van der Waals surface area contributed by atoms with E-state index in [2.05, 4.69) is 9.84 Å². The van der Waals surface area contributed by atoms with Gasteiger partial charge in [0.25, 0.3) is 5.69 Å². The first-order valence-electron chi connectivity index (χ1n) is 5.96. The van der Waals surface area contributed by atoms with Gasteiger partial charge in [-0.25, -0.2) is 4.79 Å². The Morgan fingerprint density at radius 2 is 2.25 bits per heavy atom. The van der Waals surface area contributed by atoms with Gasteiger partial charge in [-0.3, -0.25) is 14.8 Å². The Labute approximate surface area is 114 Å². The molecule has 1 heterocycles. The number of hydrogen-bond acceptors (Lipinski definition) is 5. The van der Waals surface area contributed by atoms with Crippen LogP contribution in [0, 0.1) is 10.1 Å². The number of nitro benzene ring substituents is 1. The first-order valence-corrected chi connectivity index (χ1v) is 5.96. The van der Waals surface area contributed by atoms with E-state index in [1.54, 1.807) is 17.1 Å². The lowest BCUT2D eigenvalue weighted by molar-refractivity contribution is -0.384. The summed E-state index contributed by atoms with van der Waals surface area (Å²) >= 11 is 0. The van der Waals surface area contributed by atoms with Crippen molar-refractivity contribution in [2.24, 2.45) is 0 Å². The summed E-state index contributed by atoms with van der Waals surface area (Å²) in [4.78, 5) is 22.0. The molecule has 0 saturated carbocycles. The van der Waals surface area contributed by atoms with Gasteiger partial charge in [0.05, 0.1) is 23.8 Å². The van der Waals surface area contributed by atoms with Crippen LogP contribution >= 0.6 is 0 Å². The van der Waals surface area contributed by atoms with Crippen LogP contribution in [0.15, 0.2) is 30.6 Å². The van der Waals surface area contributed by atoms with E-state index in [-0.39, 0.29) is 11.3 Å². The quantitative estimate of drug-likeness (QED) is 0.485. The van der Waals surface area contributed by atoms with Crippen LogP contribution in [0.2, 0.25) is 0 Å². The van der Waals surface area contributed by atoms with Crippen LogP contribution in [0.3, 0.4) is 0 Å². The Bertz CT molecular complexity index is 663. The standard InChI is InChI=1S/C13H13N3O4/c1-3-15-8-9(7-14-15)11-5-4-10(16(18)19)6-12(11)13(17)20-2/h4-8H,3H2,1-2H3. The molecule has 0 N–H and O–H groups in total. The molecular formula is C13H13N3O4. The second kappa shape index (κ2) is 5.52. The van der Waals surface area contributed by atoms with E-state index in [1.807, 2.05) is 6.92 Å². The van der Waals surface area contributed by atoms with Gasteiger partial charge in [0, 0.05) is 30.4 Å². The molecule has 1 aromatic carbocycles. The predicted octanol–water partition coefficient (Wildman–Crippen LogP) is 2.26. The van der Waals surface area contributed by atoms with Crippen LogP contribution in [0.25, 0.3) is 11.1 Å². The molecular weight excluding hydrogens is 262 g/mol. The van der Waals surface area contributed by atoms with Crippen LogP contribution in [-0.2, 0) is 11.3 Å². The number of carbonyl (C=O) groups is 1. The summed E-state index contributed by atoms with van der Waals surface area (Å²) in [5, 5.41) is 14.9. The minimum atomic E-state index is -0.618. The van der Waals surface area contributed by atoms with Crippen LogP contribution in [0.5, 0.6) is 0 Å². The topological polar surface area (TPSA) is 87.3 Å². The number of nitrogens with zero attached hydrogens (tertiary/aromatic N) is 3. The molecule has 0 unspecified atom stereocenters. The number of benzene rings is 1. The SMILES string of the molecule is CCn1cc(-c2ccc([N+](=O)[O-])cc2C(=O)OC)cn1. The summed E-state index contributed by atoms with van der Waals surface area (Å²) in [6.45, 7) is 2.63. The number of rotatable bonds is 4. The highest BCUT2D eigenvalue weighted by atomic mass is 16.6. The summed E-state index contributed by atoms with van der Waals surface area (Å²) in [7, 11) is 1.24. The van der Waals surface area contributed by atoms with Gasteiger partial charge in [0.2, 0.25) is 0 Å². The van der Waals surface area contributed by atoms with Crippen molar-refractivity contribution in [1.82, 2.24) is 9.78 Å². The number of esters is 1. The van der Waals surface area contributed by atoms with Crippen molar-refractivity contribution in [2.75, 3.05) is 7.11 Å². The van der Waals surface area contributed by atoms with E-state index in [4.69, 9.17) is 0 Å². The average molecular weight is 275 g/mol. The molecule has 0 radical (unpaired) electrons. The van der Waals surface area contributed by atoms with Crippen molar-refractivity contribution in [2.45, 2.75) is 13.5 Å². The second-order valence-corrected chi connectivity index (χ2v) is 4.06. The van der Waals surface area contributed by atoms with Gasteiger partial charge in [0.15, 0.2) is 0 Å². The molecule has 0 spiro atoms. The van der Waals surface area contributed by atoms with Crippen molar-refractivity contribution >= 4 is 11.7 Å². The summed E-state index contributed by atoms with van der Waals surface area (Å²) in [5.74, 6) is -0.618. The number of aromatic nitrogens is 2. The van der Waals surface area contributed by atoms with E-state index in [1.165, 1.54) is 25.3 Å². The number of nitro groups is 1. The summed E-state index contributed by atoms with van der Waals surface area (Å²) in [6, 6.07) is 4.09. The lowest BCUT2D eigenvalue weighted by Crippen LogP contribution is -2.04. The maximum atomic E-state index is 11.8. The van der Waals surface area contributed by atoms with Gasteiger partial charge in [-0.15, -0.1) is 0 Å². The monoisotopic (exact) mass is 275 g/mol. The molecule has 2 rings (SSSR count). The zero-order chi connectivity index (χ0) is 14.7. The van der Waals surface area contributed by atoms with E-state index in [0.717, 1.165) is 0 Å². The maximum absolute atomic E-state index is 11.8. The highest BCUT2D eigenvalue weighted by Crippen LogP contribution is 2.27. The third kappa shape index (κ3) is 2.51. The fourth-order valence-electron chi connectivity index (χ4n) is 1.85. The largest absolute Gasteiger partial charge is 0.465 e. The van der Waals surface area contributed by atoms with Crippen molar-refractivity contribution in [3.63, 3.8) is 0 Å². The minimum Gasteiger partial charge on any atom is -0.465 e.